The summed E-state index contributed by atoms with van der Waals surface area (Å²) < 4.78 is 9.08. The van der Waals surface area contributed by atoms with Gasteiger partial charge in [0.1, 0.15) is 18.0 Å². The van der Waals surface area contributed by atoms with Gasteiger partial charge >= 0.3 is 0 Å². The van der Waals surface area contributed by atoms with Crippen molar-refractivity contribution in [1.82, 2.24) is 29.1 Å². The quantitative estimate of drug-likeness (QED) is 0.597. The molecule has 0 aliphatic heterocycles. The van der Waals surface area contributed by atoms with Gasteiger partial charge in [0.2, 0.25) is 0 Å². The Kier molecular flexibility index (Phi) is 3.39. The topological polar surface area (TPSA) is 82.2 Å². The molecule has 1 aromatic carbocycles. The van der Waals surface area contributed by atoms with Crippen LogP contribution in [0, 0.1) is 0 Å². The Morgan fingerprint density at radius 3 is 2.92 bits per heavy atom. The minimum Gasteiger partial charge on any atom is -0.378 e. The van der Waals surface area contributed by atoms with Gasteiger partial charge in [0, 0.05) is 31.8 Å². The first kappa shape index (κ1) is 15.3. The first-order chi connectivity index (χ1) is 12.7. The minimum atomic E-state index is 0.419. The van der Waals surface area contributed by atoms with Gasteiger partial charge in [-0.3, -0.25) is 0 Å². The summed E-state index contributed by atoms with van der Waals surface area (Å²) in [4.78, 5) is 13.4. The van der Waals surface area contributed by atoms with E-state index in [1.165, 1.54) is 25.0 Å². The molecule has 8 nitrogen and oxygen atoms in total. The Bertz CT molecular complexity index is 1110. The van der Waals surface area contributed by atoms with E-state index in [0.717, 1.165) is 28.2 Å². The van der Waals surface area contributed by atoms with E-state index in [1.807, 2.05) is 6.07 Å². The number of methoxy groups -OCH3 is 1. The van der Waals surface area contributed by atoms with Crippen LogP contribution >= 0.6 is 0 Å². The van der Waals surface area contributed by atoms with E-state index in [0.29, 0.717) is 18.3 Å². The minimum absolute atomic E-state index is 0.419. The van der Waals surface area contributed by atoms with Crippen LogP contribution in [0.2, 0.25) is 0 Å². The van der Waals surface area contributed by atoms with Crippen LogP contribution in [0.15, 0.2) is 30.6 Å². The lowest BCUT2D eigenvalue weighted by molar-refractivity contribution is 0.181. The van der Waals surface area contributed by atoms with E-state index < -0.39 is 0 Å². The van der Waals surface area contributed by atoms with Crippen LogP contribution in [0.3, 0.4) is 0 Å². The molecule has 1 aliphatic carbocycles. The highest BCUT2D eigenvalue weighted by molar-refractivity contribution is 5.81. The number of fused-ring (bicyclic) bond motifs is 2. The Balaban J connectivity index is 1.54. The standard InChI is InChI=1S/C18H19N7O/c1-24-15-6-5-12(7-14(15)23-17(24)11-3-4-11)21-16-8-13(9-26-2)22-18-19-10-20-25(16)18/h5-8,10-11,21H,3-4,9H2,1-2H3. The fourth-order valence-corrected chi connectivity index (χ4v) is 3.32. The Morgan fingerprint density at radius 2 is 2.12 bits per heavy atom. The normalized spacial score (nSPS) is 14.4. The van der Waals surface area contributed by atoms with Gasteiger partial charge in [-0.15, -0.1) is 0 Å². The fraction of sp³-hybridized carbons (Fsp3) is 0.333. The number of aromatic nitrogens is 6. The lowest BCUT2D eigenvalue weighted by Crippen LogP contribution is -2.04. The summed E-state index contributed by atoms with van der Waals surface area (Å²) in [5.74, 6) is 3.13. The maximum absolute atomic E-state index is 5.20. The van der Waals surface area contributed by atoms with Crippen molar-refractivity contribution in [3.63, 3.8) is 0 Å². The molecule has 4 aromatic rings. The summed E-state index contributed by atoms with van der Waals surface area (Å²) >= 11 is 0. The highest BCUT2D eigenvalue weighted by atomic mass is 16.5. The monoisotopic (exact) mass is 349 g/mol. The predicted molar refractivity (Wildman–Crippen MR) is 97.5 cm³/mol. The number of imidazole rings is 1. The van der Waals surface area contributed by atoms with Gasteiger partial charge in [0.15, 0.2) is 0 Å². The summed E-state index contributed by atoms with van der Waals surface area (Å²) in [6.45, 7) is 0.419. The summed E-state index contributed by atoms with van der Waals surface area (Å²) in [6, 6.07) is 8.15. The first-order valence-corrected chi connectivity index (χ1v) is 8.65. The van der Waals surface area contributed by atoms with Crippen molar-refractivity contribution in [3.05, 3.63) is 42.1 Å². The summed E-state index contributed by atoms with van der Waals surface area (Å²) in [7, 11) is 3.74. The van der Waals surface area contributed by atoms with Crippen LogP contribution in [0.4, 0.5) is 11.5 Å². The number of hydrogen-bond acceptors (Lipinski definition) is 6. The predicted octanol–water partition coefficient (Wildman–Crippen LogP) is 2.78. The SMILES string of the molecule is COCc1cc(Nc2ccc3c(c2)nc(C2CC2)n3C)n2ncnc2n1. The van der Waals surface area contributed by atoms with Gasteiger partial charge in [-0.1, -0.05) is 0 Å². The van der Waals surface area contributed by atoms with E-state index in [4.69, 9.17) is 9.72 Å². The highest BCUT2D eigenvalue weighted by Crippen LogP contribution is 2.40. The fourth-order valence-electron chi connectivity index (χ4n) is 3.32. The van der Waals surface area contributed by atoms with Crippen LogP contribution in [-0.4, -0.2) is 36.2 Å². The maximum Gasteiger partial charge on any atom is 0.254 e. The molecule has 5 rings (SSSR count). The van der Waals surface area contributed by atoms with Gasteiger partial charge < -0.3 is 14.6 Å². The number of ether oxygens (including phenoxy) is 1. The van der Waals surface area contributed by atoms with Crippen molar-refractivity contribution in [2.45, 2.75) is 25.4 Å². The van der Waals surface area contributed by atoms with Crippen LogP contribution in [0.1, 0.15) is 30.3 Å². The molecule has 1 N–H and O–H groups in total. The number of nitrogens with zero attached hydrogens (tertiary/aromatic N) is 6. The molecule has 3 aromatic heterocycles. The third-order valence-corrected chi connectivity index (χ3v) is 4.73. The number of nitrogens with one attached hydrogen (secondary N) is 1. The van der Waals surface area contributed by atoms with Crippen molar-refractivity contribution in [1.29, 1.82) is 0 Å². The number of rotatable bonds is 5. The molecule has 8 heteroatoms. The largest absolute Gasteiger partial charge is 0.378 e. The molecule has 0 radical (unpaired) electrons. The summed E-state index contributed by atoms with van der Waals surface area (Å²) in [5, 5.41) is 7.66. The Morgan fingerprint density at radius 1 is 1.23 bits per heavy atom. The molecule has 0 amide bonds. The van der Waals surface area contributed by atoms with Crippen LogP contribution in [0.25, 0.3) is 16.8 Å². The molecule has 26 heavy (non-hydrogen) atoms. The highest BCUT2D eigenvalue weighted by Gasteiger charge is 2.28. The van der Waals surface area contributed by atoms with E-state index in [-0.39, 0.29) is 0 Å². The number of aryl methyl sites for hydroxylation is 1. The van der Waals surface area contributed by atoms with Crippen LogP contribution < -0.4 is 5.32 Å². The zero-order valence-corrected chi connectivity index (χ0v) is 14.7. The molecule has 132 valence electrons. The van der Waals surface area contributed by atoms with Gasteiger partial charge in [0.05, 0.1) is 23.3 Å². The van der Waals surface area contributed by atoms with Crippen molar-refractivity contribution in [2.24, 2.45) is 7.05 Å². The summed E-state index contributed by atoms with van der Waals surface area (Å²) in [5.41, 5.74) is 3.90. The van der Waals surface area contributed by atoms with Crippen molar-refractivity contribution >= 4 is 28.3 Å². The third kappa shape index (κ3) is 2.50. The molecule has 0 bridgehead atoms. The second-order valence-corrected chi connectivity index (χ2v) is 6.67. The average Bonchev–Trinajstić information content (AvgIpc) is 3.27. The molecule has 0 unspecified atom stereocenters. The van der Waals surface area contributed by atoms with Gasteiger partial charge in [-0.2, -0.15) is 14.6 Å². The van der Waals surface area contributed by atoms with Crippen molar-refractivity contribution < 1.29 is 4.74 Å². The van der Waals surface area contributed by atoms with E-state index in [2.05, 4.69) is 50.2 Å². The zero-order valence-electron chi connectivity index (χ0n) is 14.7. The number of hydrogen-bond donors (Lipinski definition) is 1. The number of anilines is 2. The third-order valence-electron chi connectivity index (χ3n) is 4.73. The first-order valence-electron chi connectivity index (χ1n) is 8.65. The molecular weight excluding hydrogens is 330 g/mol. The lowest BCUT2D eigenvalue weighted by Gasteiger charge is -2.10. The van der Waals surface area contributed by atoms with E-state index in [1.54, 1.807) is 11.6 Å². The molecule has 3 heterocycles. The molecule has 0 saturated heterocycles. The second-order valence-electron chi connectivity index (χ2n) is 6.67. The van der Waals surface area contributed by atoms with Crippen LogP contribution in [0.5, 0.6) is 0 Å². The molecular formula is C18H19N7O. The zero-order chi connectivity index (χ0) is 17.7. The Hall–Kier alpha value is -3.00. The lowest BCUT2D eigenvalue weighted by atomic mass is 10.2. The van der Waals surface area contributed by atoms with Gasteiger partial charge in [0.25, 0.3) is 5.78 Å². The molecule has 1 saturated carbocycles. The van der Waals surface area contributed by atoms with Gasteiger partial charge in [-0.05, 0) is 31.0 Å². The van der Waals surface area contributed by atoms with E-state index in [9.17, 15) is 0 Å². The van der Waals surface area contributed by atoms with Crippen molar-refractivity contribution in [2.75, 3.05) is 12.4 Å². The molecule has 0 spiro atoms. The van der Waals surface area contributed by atoms with E-state index >= 15 is 0 Å². The van der Waals surface area contributed by atoms with Crippen LogP contribution in [-0.2, 0) is 18.4 Å². The molecule has 0 atom stereocenters. The Labute approximate surface area is 149 Å². The average molecular weight is 349 g/mol. The van der Waals surface area contributed by atoms with Gasteiger partial charge in [-0.25, -0.2) is 9.97 Å². The molecule has 1 fully saturated rings. The second kappa shape index (κ2) is 5.77. The summed E-state index contributed by atoms with van der Waals surface area (Å²) in [6.07, 6.45) is 3.98. The molecule has 1 aliphatic rings. The van der Waals surface area contributed by atoms with Crippen molar-refractivity contribution in [3.8, 4) is 0 Å². The number of benzene rings is 1. The maximum atomic E-state index is 5.20. The smallest absolute Gasteiger partial charge is 0.254 e.